The van der Waals surface area contributed by atoms with Crippen molar-refractivity contribution in [3.63, 3.8) is 0 Å². The average molecular weight is 413 g/mol. The summed E-state index contributed by atoms with van der Waals surface area (Å²) in [5.74, 6) is -2.62. The maximum Gasteiger partial charge on any atom is 0.339 e. The number of ether oxygens (including phenoxy) is 3. The quantitative estimate of drug-likeness (QED) is 0.573. The molecule has 2 aromatic rings. The molecule has 1 amide bonds. The third kappa shape index (κ3) is 5.44. The fourth-order valence-electron chi connectivity index (χ4n) is 3.07. The van der Waals surface area contributed by atoms with Gasteiger partial charge < -0.3 is 19.5 Å². The predicted molar refractivity (Wildman–Crippen MR) is 109 cm³/mol. The highest BCUT2D eigenvalue weighted by Crippen LogP contribution is 2.19. The van der Waals surface area contributed by atoms with E-state index in [0.29, 0.717) is 5.56 Å². The molecule has 0 aliphatic rings. The summed E-state index contributed by atoms with van der Waals surface area (Å²) >= 11 is 0. The number of nitrogens with one attached hydrogen (secondary N) is 1. The van der Waals surface area contributed by atoms with Crippen LogP contribution in [0.2, 0.25) is 0 Å². The highest BCUT2D eigenvalue weighted by molar-refractivity contribution is 6.00. The van der Waals surface area contributed by atoms with Gasteiger partial charge in [-0.2, -0.15) is 0 Å². The van der Waals surface area contributed by atoms with E-state index in [9.17, 15) is 19.2 Å². The zero-order valence-electron chi connectivity index (χ0n) is 17.5. The van der Waals surface area contributed by atoms with Crippen molar-refractivity contribution in [1.29, 1.82) is 0 Å². The number of hydrogen-bond donors (Lipinski definition) is 1. The van der Waals surface area contributed by atoms with Crippen LogP contribution in [0.4, 0.5) is 5.69 Å². The van der Waals surface area contributed by atoms with E-state index in [-0.39, 0.29) is 16.8 Å². The van der Waals surface area contributed by atoms with Gasteiger partial charge in [-0.3, -0.25) is 4.79 Å². The minimum atomic E-state index is -0.687. The summed E-state index contributed by atoms with van der Waals surface area (Å²) in [4.78, 5) is 48.3. The van der Waals surface area contributed by atoms with E-state index in [4.69, 9.17) is 4.74 Å². The van der Waals surface area contributed by atoms with Crippen LogP contribution in [0.5, 0.6) is 0 Å². The van der Waals surface area contributed by atoms with Gasteiger partial charge in [-0.25, -0.2) is 14.4 Å². The standard InChI is InChI=1S/C22H23NO7/c1-12-6-13(2)19(14(3)7-12)22(27)30-11-18(24)23-17-9-15(20(25)28-4)8-16(10-17)21(26)29-5/h6-10H,11H2,1-5H3,(H,23,24). The van der Waals surface area contributed by atoms with E-state index in [1.54, 1.807) is 13.8 Å². The number of carbonyl (C=O) groups excluding carboxylic acids is 4. The zero-order valence-corrected chi connectivity index (χ0v) is 17.5. The molecule has 158 valence electrons. The van der Waals surface area contributed by atoms with Crippen LogP contribution >= 0.6 is 0 Å². The van der Waals surface area contributed by atoms with Crippen molar-refractivity contribution in [1.82, 2.24) is 0 Å². The minimum absolute atomic E-state index is 0.0543. The number of benzene rings is 2. The summed E-state index contributed by atoms with van der Waals surface area (Å²) in [6, 6.07) is 7.68. The third-order valence-corrected chi connectivity index (χ3v) is 4.27. The SMILES string of the molecule is COC(=O)c1cc(NC(=O)COC(=O)c2c(C)cc(C)cc2C)cc(C(=O)OC)c1. The third-order valence-electron chi connectivity index (χ3n) is 4.27. The maximum atomic E-state index is 12.4. The summed E-state index contributed by atoms with van der Waals surface area (Å²) in [6.45, 7) is 4.97. The molecule has 0 spiro atoms. The Morgan fingerprint density at radius 1 is 0.767 bits per heavy atom. The Kier molecular flexibility index (Phi) is 7.30. The normalized spacial score (nSPS) is 10.2. The molecule has 0 bridgehead atoms. The molecular formula is C22H23NO7. The smallest absolute Gasteiger partial charge is 0.339 e. The Morgan fingerprint density at radius 2 is 1.27 bits per heavy atom. The van der Waals surface area contributed by atoms with Crippen LogP contribution in [0, 0.1) is 20.8 Å². The van der Waals surface area contributed by atoms with Crippen LogP contribution in [-0.2, 0) is 19.0 Å². The molecule has 0 atom stereocenters. The second-order valence-electron chi connectivity index (χ2n) is 6.68. The average Bonchev–Trinajstić information content (AvgIpc) is 2.69. The Bertz CT molecular complexity index is 953. The van der Waals surface area contributed by atoms with Crippen molar-refractivity contribution in [2.45, 2.75) is 20.8 Å². The van der Waals surface area contributed by atoms with Gasteiger partial charge in [0.1, 0.15) is 0 Å². The Labute approximate surface area is 174 Å². The monoisotopic (exact) mass is 413 g/mol. The van der Waals surface area contributed by atoms with Gasteiger partial charge in [0.05, 0.1) is 30.9 Å². The molecule has 0 unspecified atom stereocenters. The van der Waals surface area contributed by atoms with E-state index in [1.807, 2.05) is 19.1 Å². The number of rotatable bonds is 6. The van der Waals surface area contributed by atoms with Crippen molar-refractivity contribution in [3.8, 4) is 0 Å². The fraction of sp³-hybridized carbons (Fsp3) is 0.273. The Balaban J connectivity index is 2.13. The molecule has 0 radical (unpaired) electrons. The summed E-state index contributed by atoms with van der Waals surface area (Å²) in [6.07, 6.45) is 0. The van der Waals surface area contributed by atoms with Crippen LogP contribution < -0.4 is 5.32 Å². The molecule has 2 aromatic carbocycles. The maximum absolute atomic E-state index is 12.4. The fourth-order valence-corrected chi connectivity index (χ4v) is 3.07. The van der Waals surface area contributed by atoms with Crippen LogP contribution in [0.3, 0.4) is 0 Å². The molecule has 0 aliphatic heterocycles. The lowest BCUT2D eigenvalue weighted by Crippen LogP contribution is -2.22. The van der Waals surface area contributed by atoms with Crippen molar-refractivity contribution >= 4 is 29.5 Å². The van der Waals surface area contributed by atoms with Gasteiger partial charge in [-0.1, -0.05) is 17.7 Å². The number of hydrogen-bond acceptors (Lipinski definition) is 7. The summed E-state index contributed by atoms with van der Waals surface area (Å²) < 4.78 is 14.4. The van der Waals surface area contributed by atoms with E-state index >= 15 is 0 Å². The first-order valence-electron chi connectivity index (χ1n) is 9.02. The molecule has 1 N–H and O–H groups in total. The van der Waals surface area contributed by atoms with Gasteiger partial charge in [0.15, 0.2) is 6.61 Å². The number of anilines is 1. The summed E-state index contributed by atoms with van der Waals surface area (Å²) in [5.41, 5.74) is 3.21. The number of methoxy groups -OCH3 is 2. The molecule has 8 heteroatoms. The van der Waals surface area contributed by atoms with E-state index in [2.05, 4.69) is 14.8 Å². The Morgan fingerprint density at radius 3 is 1.73 bits per heavy atom. The van der Waals surface area contributed by atoms with E-state index in [1.165, 1.54) is 32.4 Å². The molecule has 0 saturated carbocycles. The predicted octanol–water partition coefficient (Wildman–Crippen LogP) is 2.98. The lowest BCUT2D eigenvalue weighted by atomic mass is 10.00. The van der Waals surface area contributed by atoms with Crippen molar-refractivity contribution < 1.29 is 33.4 Å². The molecular weight excluding hydrogens is 390 g/mol. The van der Waals surface area contributed by atoms with Crippen molar-refractivity contribution in [3.05, 3.63) is 63.7 Å². The first-order chi connectivity index (χ1) is 14.2. The van der Waals surface area contributed by atoms with Gasteiger partial charge in [0.2, 0.25) is 0 Å². The molecule has 0 saturated heterocycles. The van der Waals surface area contributed by atoms with Gasteiger partial charge in [0.25, 0.3) is 5.91 Å². The number of carbonyl (C=O) groups is 4. The highest BCUT2D eigenvalue weighted by Gasteiger charge is 2.18. The van der Waals surface area contributed by atoms with Gasteiger partial charge in [-0.05, 0) is 50.1 Å². The van der Waals surface area contributed by atoms with E-state index < -0.39 is 30.4 Å². The van der Waals surface area contributed by atoms with Gasteiger partial charge >= 0.3 is 17.9 Å². The second kappa shape index (κ2) is 9.69. The zero-order chi connectivity index (χ0) is 22.4. The largest absolute Gasteiger partial charge is 0.465 e. The second-order valence-corrected chi connectivity index (χ2v) is 6.68. The minimum Gasteiger partial charge on any atom is -0.465 e. The molecule has 0 fully saturated rings. The van der Waals surface area contributed by atoms with Crippen molar-refractivity contribution in [2.24, 2.45) is 0 Å². The topological polar surface area (TPSA) is 108 Å². The first-order valence-corrected chi connectivity index (χ1v) is 9.02. The first kappa shape index (κ1) is 22.6. The molecule has 0 heterocycles. The lowest BCUT2D eigenvalue weighted by molar-refractivity contribution is -0.119. The number of aryl methyl sites for hydroxylation is 3. The van der Waals surface area contributed by atoms with Gasteiger partial charge in [-0.15, -0.1) is 0 Å². The molecule has 0 aliphatic carbocycles. The van der Waals surface area contributed by atoms with Crippen molar-refractivity contribution in [2.75, 3.05) is 26.1 Å². The molecule has 0 aromatic heterocycles. The van der Waals surface area contributed by atoms with Crippen LogP contribution in [0.15, 0.2) is 30.3 Å². The highest BCUT2D eigenvalue weighted by atomic mass is 16.5. The molecule has 2 rings (SSSR count). The van der Waals surface area contributed by atoms with Crippen LogP contribution in [0.25, 0.3) is 0 Å². The number of amides is 1. The lowest BCUT2D eigenvalue weighted by Gasteiger charge is -2.12. The Hall–Kier alpha value is -3.68. The molecule has 30 heavy (non-hydrogen) atoms. The summed E-state index contributed by atoms with van der Waals surface area (Å²) in [7, 11) is 2.39. The van der Waals surface area contributed by atoms with Crippen LogP contribution in [0.1, 0.15) is 47.8 Å². The summed E-state index contributed by atoms with van der Waals surface area (Å²) in [5, 5.41) is 2.49. The number of esters is 3. The van der Waals surface area contributed by atoms with Crippen LogP contribution in [-0.4, -0.2) is 44.6 Å². The van der Waals surface area contributed by atoms with Gasteiger partial charge in [0, 0.05) is 5.69 Å². The van der Waals surface area contributed by atoms with E-state index in [0.717, 1.165) is 16.7 Å². The molecule has 8 nitrogen and oxygen atoms in total.